The Morgan fingerprint density at radius 1 is 1.18 bits per heavy atom. The van der Waals surface area contributed by atoms with Crippen molar-refractivity contribution < 1.29 is 28.6 Å². The smallest absolute Gasteiger partial charge is 0.254 e. The predicted molar refractivity (Wildman–Crippen MR) is 121 cm³/mol. The van der Waals surface area contributed by atoms with Gasteiger partial charge in [-0.3, -0.25) is 4.79 Å². The van der Waals surface area contributed by atoms with Crippen molar-refractivity contribution in [3.63, 3.8) is 0 Å². The number of carbonyl (C=O) groups excluding carboxylic acids is 1. The molecule has 1 saturated heterocycles. The minimum atomic E-state index is -0.525. The molecule has 2 N–H and O–H groups in total. The number of hydrogen-bond donors (Lipinski definition) is 2. The first kappa shape index (κ1) is 21.4. The SMILES string of the molecule is COc1cc(C(=O)c2c(O)[nH]c3cc(Cl)c(-c4ccc(OC5CCOCC5)cc4)cc23)on1. The van der Waals surface area contributed by atoms with E-state index >= 15 is 0 Å². The van der Waals surface area contributed by atoms with E-state index in [-0.39, 0.29) is 29.2 Å². The van der Waals surface area contributed by atoms with E-state index in [0.717, 1.165) is 24.2 Å². The highest BCUT2D eigenvalue weighted by atomic mass is 35.5. The first-order valence-corrected chi connectivity index (χ1v) is 10.9. The number of nitrogens with one attached hydrogen (secondary N) is 1. The molecule has 0 bridgehead atoms. The van der Waals surface area contributed by atoms with E-state index in [1.54, 1.807) is 12.1 Å². The summed E-state index contributed by atoms with van der Waals surface area (Å²) in [6.07, 6.45) is 1.89. The van der Waals surface area contributed by atoms with Gasteiger partial charge >= 0.3 is 0 Å². The van der Waals surface area contributed by atoms with Gasteiger partial charge in [0.2, 0.25) is 17.4 Å². The molecule has 0 unspecified atom stereocenters. The Morgan fingerprint density at radius 2 is 1.94 bits per heavy atom. The lowest BCUT2D eigenvalue weighted by molar-refractivity contribution is 0.0256. The Bertz CT molecular complexity index is 1300. The molecular formula is C24H21ClN2O6. The highest BCUT2D eigenvalue weighted by Crippen LogP contribution is 2.38. The molecule has 0 radical (unpaired) electrons. The quantitative estimate of drug-likeness (QED) is 0.384. The number of ether oxygens (including phenoxy) is 3. The number of aromatic nitrogens is 2. The Hall–Kier alpha value is -3.49. The minimum Gasteiger partial charge on any atom is -0.494 e. The van der Waals surface area contributed by atoms with Crippen molar-refractivity contribution in [1.82, 2.24) is 10.1 Å². The molecule has 4 aromatic rings. The second-order valence-corrected chi connectivity index (χ2v) is 8.15. The van der Waals surface area contributed by atoms with Crippen LogP contribution < -0.4 is 9.47 Å². The van der Waals surface area contributed by atoms with Gasteiger partial charge in [-0.1, -0.05) is 23.7 Å². The Labute approximate surface area is 194 Å². The van der Waals surface area contributed by atoms with Gasteiger partial charge in [-0.05, 0) is 35.0 Å². The fourth-order valence-electron chi connectivity index (χ4n) is 3.94. The minimum absolute atomic E-state index is 0.0471. The lowest BCUT2D eigenvalue weighted by Gasteiger charge is -2.23. The van der Waals surface area contributed by atoms with E-state index in [9.17, 15) is 9.90 Å². The molecule has 2 aromatic heterocycles. The van der Waals surface area contributed by atoms with Gasteiger partial charge in [0, 0.05) is 23.8 Å². The number of ketones is 1. The molecule has 0 aliphatic carbocycles. The molecule has 0 spiro atoms. The summed E-state index contributed by atoms with van der Waals surface area (Å²) in [4.78, 5) is 15.8. The Kier molecular flexibility index (Phi) is 5.70. The van der Waals surface area contributed by atoms with E-state index in [0.29, 0.717) is 34.7 Å². The average Bonchev–Trinajstić information content (AvgIpc) is 3.43. The standard InChI is InChI=1S/C24H21ClN2O6/c1-30-21-12-20(33-27-21)23(28)22-17-10-16(18(25)11-19(17)26-24(22)29)13-2-4-14(5-3-13)32-15-6-8-31-9-7-15/h2-5,10-12,15,26,29H,6-9H2,1H3. The van der Waals surface area contributed by atoms with Crippen LogP contribution in [0.4, 0.5) is 0 Å². The molecule has 9 heteroatoms. The number of hydrogen-bond acceptors (Lipinski definition) is 7. The van der Waals surface area contributed by atoms with Crippen LogP contribution in [-0.4, -0.2) is 47.5 Å². The number of aromatic hydroxyl groups is 1. The molecule has 0 amide bonds. The summed E-state index contributed by atoms with van der Waals surface area (Å²) in [5.41, 5.74) is 2.16. The number of nitrogens with zero attached hydrogens (tertiary/aromatic N) is 1. The van der Waals surface area contributed by atoms with Crippen molar-refractivity contribution in [1.29, 1.82) is 0 Å². The Balaban J connectivity index is 1.48. The highest BCUT2D eigenvalue weighted by Gasteiger charge is 2.25. The van der Waals surface area contributed by atoms with Gasteiger partial charge < -0.3 is 28.8 Å². The lowest BCUT2D eigenvalue weighted by Crippen LogP contribution is -2.25. The van der Waals surface area contributed by atoms with E-state index in [2.05, 4.69) is 10.1 Å². The lowest BCUT2D eigenvalue weighted by atomic mass is 10.0. The zero-order valence-electron chi connectivity index (χ0n) is 17.8. The first-order valence-electron chi connectivity index (χ1n) is 10.5. The number of halogens is 1. The van der Waals surface area contributed by atoms with Gasteiger partial charge in [0.25, 0.3) is 5.88 Å². The summed E-state index contributed by atoms with van der Waals surface area (Å²) in [6.45, 7) is 1.42. The maximum absolute atomic E-state index is 13.0. The second kappa shape index (κ2) is 8.80. The first-order chi connectivity index (χ1) is 16.0. The van der Waals surface area contributed by atoms with Crippen LogP contribution in [-0.2, 0) is 4.74 Å². The van der Waals surface area contributed by atoms with Crippen LogP contribution in [0.25, 0.3) is 22.0 Å². The molecule has 0 saturated carbocycles. The number of H-pyrrole nitrogens is 1. The maximum Gasteiger partial charge on any atom is 0.254 e. The van der Waals surface area contributed by atoms with Crippen LogP contribution in [0, 0.1) is 0 Å². The van der Waals surface area contributed by atoms with E-state index in [1.165, 1.54) is 13.2 Å². The summed E-state index contributed by atoms with van der Waals surface area (Å²) in [6, 6.07) is 12.4. The fourth-order valence-corrected chi connectivity index (χ4v) is 4.21. The topological polar surface area (TPSA) is 107 Å². The molecule has 33 heavy (non-hydrogen) atoms. The second-order valence-electron chi connectivity index (χ2n) is 7.74. The maximum atomic E-state index is 13.0. The molecule has 8 nitrogen and oxygen atoms in total. The molecule has 2 aromatic carbocycles. The number of rotatable bonds is 6. The van der Waals surface area contributed by atoms with E-state index in [1.807, 2.05) is 24.3 Å². The molecule has 1 aliphatic heterocycles. The third-order valence-corrected chi connectivity index (χ3v) is 5.96. The number of aromatic amines is 1. The van der Waals surface area contributed by atoms with Gasteiger partial charge in [-0.15, -0.1) is 0 Å². The number of fused-ring (bicyclic) bond motifs is 1. The van der Waals surface area contributed by atoms with Gasteiger partial charge in [0.15, 0.2) is 0 Å². The van der Waals surface area contributed by atoms with Crippen LogP contribution in [0.1, 0.15) is 29.0 Å². The fraction of sp³-hybridized carbons (Fsp3) is 0.250. The molecule has 170 valence electrons. The van der Waals surface area contributed by atoms with Gasteiger partial charge in [-0.2, -0.15) is 0 Å². The van der Waals surface area contributed by atoms with Crippen molar-refractivity contribution in [2.24, 2.45) is 0 Å². The zero-order chi connectivity index (χ0) is 22.9. The summed E-state index contributed by atoms with van der Waals surface area (Å²) in [7, 11) is 1.42. The third kappa shape index (κ3) is 4.15. The van der Waals surface area contributed by atoms with Crippen molar-refractivity contribution >= 4 is 28.3 Å². The van der Waals surface area contributed by atoms with E-state index in [4.69, 9.17) is 30.3 Å². The van der Waals surface area contributed by atoms with Crippen LogP contribution in [0.2, 0.25) is 5.02 Å². The number of carbonyl (C=O) groups is 1. The third-order valence-electron chi connectivity index (χ3n) is 5.65. The molecule has 0 atom stereocenters. The summed E-state index contributed by atoms with van der Waals surface area (Å²) in [5.74, 6) is 0.0951. The van der Waals surface area contributed by atoms with Gasteiger partial charge in [0.1, 0.15) is 11.9 Å². The van der Waals surface area contributed by atoms with Gasteiger partial charge in [-0.25, -0.2) is 0 Å². The predicted octanol–water partition coefficient (Wildman–Crippen LogP) is 4.98. The largest absolute Gasteiger partial charge is 0.494 e. The molecule has 5 rings (SSSR count). The average molecular weight is 469 g/mol. The Morgan fingerprint density at radius 3 is 2.64 bits per heavy atom. The zero-order valence-corrected chi connectivity index (χ0v) is 18.5. The normalized spacial score (nSPS) is 14.5. The number of benzene rings is 2. The van der Waals surface area contributed by atoms with Crippen molar-refractivity contribution in [3.05, 3.63) is 58.8 Å². The number of methoxy groups -OCH3 is 1. The van der Waals surface area contributed by atoms with Gasteiger partial charge in [0.05, 0.1) is 42.5 Å². The highest BCUT2D eigenvalue weighted by molar-refractivity contribution is 6.34. The molecule has 1 fully saturated rings. The summed E-state index contributed by atoms with van der Waals surface area (Å²) in [5, 5.41) is 15.1. The summed E-state index contributed by atoms with van der Waals surface area (Å²) >= 11 is 6.54. The van der Waals surface area contributed by atoms with Crippen LogP contribution in [0.15, 0.2) is 47.0 Å². The monoisotopic (exact) mass is 468 g/mol. The van der Waals surface area contributed by atoms with Crippen molar-refractivity contribution in [2.75, 3.05) is 20.3 Å². The van der Waals surface area contributed by atoms with Crippen LogP contribution >= 0.6 is 11.6 Å². The molecular weight excluding hydrogens is 448 g/mol. The summed E-state index contributed by atoms with van der Waals surface area (Å²) < 4.78 is 21.4. The molecule has 3 heterocycles. The van der Waals surface area contributed by atoms with Crippen molar-refractivity contribution in [2.45, 2.75) is 18.9 Å². The van der Waals surface area contributed by atoms with Crippen LogP contribution in [0.3, 0.4) is 0 Å². The molecule has 1 aliphatic rings. The van der Waals surface area contributed by atoms with Crippen molar-refractivity contribution in [3.8, 4) is 28.6 Å². The van der Waals surface area contributed by atoms with E-state index < -0.39 is 5.78 Å². The van der Waals surface area contributed by atoms with Crippen LogP contribution in [0.5, 0.6) is 17.5 Å².